The van der Waals surface area contributed by atoms with Gasteiger partial charge < -0.3 is 5.32 Å². The van der Waals surface area contributed by atoms with E-state index in [1.807, 2.05) is 12.1 Å². The normalized spacial score (nSPS) is 10.8. The average Bonchev–Trinajstić information content (AvgIpc) is 2.49. The number of hydrogen-bond acceptors (Lipinski definition) is 2. The molecule has 0 saturated carbocycles. The Labute approximate surface area is 132 Å². The number of nitrogens with one attached hydrogen (secondary N) is 1. The SMILES string of the molecule is N#C/C(=C\c1ccc(Cl)c(Cl)c1)C(=O)Nc1ccccc1. The van der Waals surface area contributed by atoms with Gasteiger partial charge in [-0.15, -0.1) is 0 Å². The van der Waals surface area contributed by atoms with Crippen LogP contribution in [-0.2, 0) is 4.79 Å². The van der Waals surface area contributed by atoms with E-state index in [4.69, 9.17) is 28.5 Å². The summed E-state index contributed by atoms with van der Waals surface area (Å²) in [6.45, 7) is 0. The van der Waals surface area contributed by atoms with Crippen molar-refractivity contribution in [3.05, 3.63) is 69.7 Å². The minimum Gasteiger partial charge on any atom is -0.321 e. The molecule has 0 unspecified atom stereocenters. The number of nitrogens with zero attached hydrogens (tertiary/aromatic N) is 1. The summed E-state index contributed by atoms with van der Waals surface area (Å²) in [4.78, 5) is 12.0. The molecule has 0 saturated heterocycles. The van der Waals surface area contributed by atoms with Gasteiger partial charge in [-0.1, -0.05) is 47.5 Å². The summed E-state index contributed by atoms with van der Waals surface area (Å²) in [5.74, 6) is -0.477. The Morgan fingerprint density at radius 3 is 2.43 bits per heavy atom. The van der Waals surface area contributed by atoms with Crippen molar-refractivity contribution in [2.24, 2.45) is 0 Å². The van der Waals surface area contributed by atoms with E-state index in [9.17, 15) is 4.79 Å². The molecule has 0 spiro atoms. The minimum absolute atomic E-state index is 0.0164. The van der Waals surface area contributed by atoms with Crippen molar-refractivity contribution in [2.75, 3.05) is 5.32 Å². The molecule has 1 N–H and O–H groups in total. The van der Waals surface area contributed by atoms with Crippen LogP contribution in [0.15, 0.2) is 54.1 Å². The highest BCUT2D eigenvalue weighted by atomic mass is 35.5. The molecule has 104 valence electrons. The lowest BCUT2D eigenvalue weighted by Gasteiger charge is -2.04. The number of amides is 1. The predicted octanol–water partition coefficient (Wildman–Crippen LogP) is 4.54. The van der Waals surface area contributed by atoms with Crippen molar-refractivity contribution in [3.63, 3.8) is 0 Å². The molecule has 2 aromatic rings. The fourth-order valence-electron chi connectivity index (χ4n) is 1.64. The number of carbonyl (C=O) groups is 1. The van der Waals surface area contributed by atoms with E-state index in [1.54, 1.807) is 42.5 Å². The van der Waals surface area contributed by atoms with Gasteiger partial charge in [0, 0.05) is 5.69 Å². The van der Waals surface area contributed by atoms with Crippen LogP contribution in [0.5, 0.6) is 0 Å². The number of halogens is 2. The molecule has 0 fully saturated rings. The Kier molecular flexibility index (Phi) is 4.99. The first-order chi connectivity index (χ1) is 10.1. The second-order valence-electron chi connectivity index (χ2n) is 4.16. The Hall–Kier alpha value is -2.28. The maximum absolute atomic E-state index is 12.0. The van der Waals surface area contributed by atoms with E-state index >= 15 is 0 Å². The van der Waals surface area contributed by atoms with Crippen molar-refractivity contribution >= 4 is 40.9 Å². The van der Waals surface area contributed by atoms with Crippen LogP contribution in [0, 0.1) is 11.3 Å². The second-order valence-corrected chi connectivity index (χ2v) is 4.98. The molecule has 0 radical (unpaired) electrons. The third kappa shape index (κ3) is 4.09. The van der Waals surface area contributed by atoms with Crippen molar-refractivity contribution in [3.8, 4) is 6.07 Å². The number of hydrogen-bond donors (Lipinski definition) is 1. The highest BCUT2D eigenvalue weighted by Crippen LogP contribution is 2.23. The standard InChI is InChI=1S/C16H10Cl2N2O/c17-14-7-6-11(9-15(14)18)8-12(10-19)16(21)20-13-4-2-1-3-5-13/h1-9H,(H,20,21)/b12-8+. The van der Waals surface area contributed by atoms with Gasteiger partial charge in [-0.3, -0.25) is 4.79 Å². The summed E-state index contributed by atoms with van der Waals surface area (Å²) >= 11 is 11.7. The molecule has 21 heavy (non-hydrogen) atoms. The highest BCUT2D eigenvalue weighted by molar-refractivity contribution is 6.42. The molecule has 3 nitrogen and oxygen atoms in total. The van der Waals surface area contributed by atoms with Crippen LogP contribution >= 0.6 is 23.2 Å². The van der Waals surface area contributed by atoms with E-state index in [0.29, 0.717) is 21.3 Å². The molecule has 0 aromatic heterocycles. The summed E-state index contributed by atoms with van der Waals surface area (Å²) < 4.78 is 0. The monoisotopic (exact) mass is 316 g/mol. The number of rotatable bonds is 3. The Morgan fingerprint density at radius 2 is 1.81 bits per heavy atom. The average molecular weight is 317 g/mol. The quantitative estimate of drug-likeness (QED) is 0.667. The topological polar surface area (TPSA) is 52.9 Å². The number of anilines is 1. The van der Waals surface area contributed by atoms with Crippen LogP contribution in [0.3, 0.4) is 0 Å². The fourth-order valence-corrected chi connectivity index (χ4v) is 1.94. The Balaban J connectivity index is 2.22. The first-order valence-electron chi connectivity index (χ1n) is 6.03. The maximum atomic E-state index is 12.0. The van der Waals surface area contributed by atoms with E-state index in [1.165, 1.54) is 6.08 Å². The number of carbonyl (C=O) groups excluding carboxylic acids is 1. The summed E-state index contributed by atoms with van der Waals surface area (Å²) in [5, 5.41) is 12.6. The van der Waals surface area contributed by atoms with Gasteiger partial charge in [-0.05, 0) is 35.9 Å². The van der Waals surface area contributed by atoms with E-state index < -0.39 is 5.91 Å². The summed E-state index contributed by atoms with van der Waals surface area (Å²) in [6, 6.07) is 15.7. The Morgan fingerprint density at radius 1 is 1.10 bits per heavy atom. The molecule has 0 aliphatic carbocycles. The molecule has 1 amide bonds. The summed E-state index contributed by atoms with van der Waals surface area (Å²) in [7, 11) is 0. The predicted molar refractivity (Wildman–Crippen MR) is 85.1 cm³/mol. The Bertz CT molecular complexity index is 734. The van der Waals surface area contributed by atoms with Crippen LogP contribution in [0.25, 0.3) is 6.08 Å². The molecule has 0 aliphatic heterocycles. The third-order valence-corrected chi connectivity index (χ3v) is 3.39. The molecule has 2 aromatic carbocycles. The summed E-state index contributed by atoms with van der Waals surface area (Å²) in [6.07, 6.45) is 1.46. The van der Waals surface area contributed by atoms with Crippen LogP contribution in [0.2, 0.25) is 10.0 Å². The van der Waals surface area contributed by atoms with Gasteiger partial charge >= 0.3 is 0 Å². The fraction of sp³-hybridized carbons (Fsp3) is 0. The maximum Gasteiger partial charge on any atom is 0.266 e. The van der Waals surface area contributed by atoms with Gasteiger partial charge in [0.2, 0.25) is 0 Å². The van der Waals surface area contributed by atoms with Crippen molar-refractivity contribution < 1.29 is 4.79 Å². The van der Waals surface area contributed by atoms with E-state index in [0.717, 1.165) is 0 Å². The van der Waals surface area contributed by atoms with Gasteiger partial charge in [0.1, 0.15) is 11.6 Å². The zero-order chi connectivity index (χ0) is 15.2. The van der Waals surface area contributed by atoms with Crippen LogP contribution < -0.4 is 5.32 Å². The molecular weight excluding hydrogens is 307 g/mol. The van der Waals surface area contributed by atoms with E-state index in [2.05, 4.69) is 5.32 Å². The molecule has 2 rings (SSSR count). The number of para-hydroxylation sites is 1. The molecule has 5 heteroatoms. The van der Waals surface area contributed by atoms with Crippen molar-refractivity contribution in [1.82, 2.24) is 0 Å². The molecule has 0 bridgehead atoms. The van der Waals surface area contributed by atoms with Crippen LogP contribution in [-0.4, -0.2) is 5.91 Å². The van der Waals surface area contributed by atoms with Gasteiger partial charge in [0.15, 0.2) is 0 Å². The minimum atomic E-state index is -0.477. The van der Waals surface area contributed by atoms with Gasteiger partial charge in [0.05, 0.1) is 10.0 Å². The lowest BCUT2D eigenvalue weighted by molar-refractivity contribution is -0.112. The van der Waals surface area contributed by atoms with E-state index in [-0.39, 0.29) is 5.57 Å². The number of nitriles is 1. The zero-order valence-electron chi connectivity index (χ0n) is 10.8. The molecule has 0 atom stereocenters. The largest absolute Gasteiger partial charge is 0.321 e. The van der Waals surface area contributed by atoms with Gasteiger partial charge in [-0.2, -0.15) is 5.26 Å². The van der Waals surface area contributed by atoms with Crippen LogP contribution in [0.1, 0.15) is 5.56 Å². The van der Waals surface area contributed by atoms with Crippen LogP contribution in [0.4, 0.5) is 5.69 Å². The highest BCUT2D eigenvalue weighted by Gasteiger charge is 2.09. The molecule has 0 aliphatic rings. The number of benzene rings is 2. The van der Waals surface area contributed by atoms with Crippen molar-refractivity contribution in [2.45, 2.75) is 0 Å². The third-order valence-electron chi connectivity index (χ3n) is 2.65. The molecular formula is C16H10Cl2N2O. The smallest absolute Gasteiger partial charge is 0.266 e. The zero-order valence-corrected chi connectivity index (χ0v) is 12.3. The molecule has 0 heterocycles. The first-order valence-corrected chi connectivity index (χ1v) is 6.79. The first kappa shape index (κ1) is 15.1. The second kappa shape index (κ2) is 6.94. The van der Waals surface area contributed by atoms with Crippen molar-refractivity contribution in [1.29, 1.82) is 5.26 Å². The van der Waals surface area contributed by atoms with Gasteiger partial charge in [-0.25, -0.2) is 0 Å². The lowest BCUT2D eigenvalue weighted by Crippen LogP contribution is -2.13. The van der Waals surface area contributed by atoms with Gasteiger partial charge in [0.25, 0.3) is 5.91 Å². The lowest BCUT2D eigenvalue weighted by atomic mass is 10.1. The summed E-state index contributed by atoms with van der Waals surface area (Å²) in [5.41, 5.74) is 1.24.